The molecule has 0 radical (unpaired) electrons. The first-order chi connectivity index (χ1) is 12.1. The van der Waals surface area contributed by atoms with Gasteiger partial charge in [0.1, 0.15) is 0 Å². The predicted octanol–water partition coefficient (Wildman–Crippen LogP) is 2.88. The largest absolute Gasteiger partial charge is 0.365 e. The van der Waals surface area contributed by atoms with Crippen LogP contribution in [0.15, 0.2) is 30.7 Å². The lowest BCUT2D eigenvalue weighted by atomic mass is 10.2. The van der Waals surface area contributed by atoms with Gasteiger partial charge in [0.25, 0.3) is 0 Å². The van der Waals surface area contributed by atoms with E-state index < -0.39 is 0 Å². The lowest BCUT2D eigenvalue weighted by Gasteiger charge is -2.27. The number of nitrogens with one attached hydrogen (secondary N) is 1. The van der Waals surface area contributed by atoms with Gasteiger partial charge in [-0.05, 0) is 38.8 Å². The van der Waals surface area contributed by atoms with E-state index in [0.717, 1.165) is 37.3 Å². The summed E-state index contributed by atoms with van der Waals surface area (Å²) < 4.78 is 1.84. The Morgan fingerprint density at radius 1 is 1.40 bits per heavy atom. The predicted molar refractivity (Wildman–Crippen MR) is 96.6 cm³/mol. The minimum absolute atomic E-state index is 0.0892. The smallest absolute Gasteiger partial charge is 0.322 e. The molecule has 2 aliphatic rings. The Morgan fingerprint density at radius 2 is 2.28 bits per heavy atom. The molecule has 7 nitrogen and oxygen atoms in total. The van der Waals surface area contributed by atoms with Gasteiger partial charge in [0, 0.05) is 37.6 Å². The molecule has 4 rings (SSSR count). The van der Waals surface area contributed by atoms with Crippen LogP contribution in [-0.4, -0.2) is 44.8 Å². The summed E-state index contributed by atoms with van der Waals surface area (Å²) in [4.78, 5) is 21.6. The van der Waals surface area contributed by atoms with E-state index in [1.165, 1.54) is 5.69 Å². The quantitative estimate of drug-likeness (QED) is 0.913. The van der Waals surface area contributed by atoms with Gasteiger partial charge in [-0.2, -0.15) is 5.10 Å². The van der Waals surface area contributed by atoms with Crippen LogP contribution in [0.3, 0.4) is 0 Å². The molecule has 25 heavy (non-hydrogen) atoms. The van der Waals surface area contributed by atoms with Gasteiger partial charge in [-0.3, -0.25) is 9.67 Å². The number of fused-ring (bicyclic) bond motifs is 3. The van der Waals surface area contributed by atoms with E-state index >= 15 is 0 Å². The fourth-order valence-electron chi connectivity index (χ4n) is 3.70. The molecule has 132 valence electrons. The fourth-order valence-corrected chi connectivity index (χ4v) is 3.70. The zero-order valence-corrected chi connectivity index (χ0v) is 14.7. The Morgan fingerprint density at radius 3 is 3.08 bits per heavy atom. The number of pyridine rings is 1. The molecule has 7 heteroatoms. The number of amides is 2. The van der Waals surface area contributed by atoms with Crippen LogP contribution in [0.1, 0.15) is 38.4 Å². The van der Waals surface area contributed by atoms with Crippen molar-refractivity contribution < 1.29 is 4.79 Å². The first-order valence-corrected chi connectivity index (χ1v) is 8.92. The maximum Gasteiger partial charge on any atom is 0.322 e. The zero-order valence-electron chi connectivity index (χ0n) is 14.7. The van der Waals surface area contributed by atoms with Gasteiger partial charge < -0.3 is 15.1 Å². The number of nitrogens with zero attached hydrogens (tertiary/aromatic N) is 5. The van der Waals surface area contributed by atoms with Crippen LogP contribution in [0.25, 0.3) is 0 Å². The van der Waals surface area contributed by atoms with E-state index in [1.54, 1.807) is 12.4 Å². The molecule has 0 bridgehead atoms. The minimum Gasteiger partial charge on any atom is -0.365 e. The maximum absolute atomic E-state index is 12.8. The molecule has 0 aliphatic carbocycles. The average Bonchev–Trinajstić information content (AvgIpc) is 3.21. The second-order valence-corrected chi connectivity index (χ2v) is 7.07. The summed E-state index contributed by atoms with van der Waals surface area (Å²) in [7, 11) is 0. The Bertz CT molecular complexity index is 770. The van der Waals surface area contributed by atoms with Gasteiger partial charge in [0.05, 0.1) is 29.8 Å². The van der Waals surface area contributed by atoms with E-state index in [0.29, 0.717) is 12.6 Å². The molecule has 0 unspecified atom stereocenters. The number of carbonyl (C=O) groups excluding carboxylic acids is 1. The summed E-state index contributed by atoms with van der Waals surface area (Å²) in [5.41, 5.74) is 2.88. The van der Waals surface area contributed by atoms with Crippen LogP contribution < -0.4 is 10.2 Å². The van der Waals surface area contributed by atoms with Gasteiger partial charge in [-0.15, -0.1) is 0 Å². The summed E-state index contributed by atoms with van der Waals surface area (Å²) in [6.07, 6.45) is 7.65. The summed E-state index contributed by atoms with van der Waals surface area (Å²) in [5, 5.41) is 7.27. The second-order valence-electron chi connectivity index (χ2n) is 7.07. The third-order valence-corrected chi connectivity index (χ3v) is 4.99. The minimum atomic E-state index is -0.0892. The molecule has 0 saturated carbocycles. The molecule has 0 spiro atoms. The summed E-state index contributed by atoms with van der Waals surface area (Å²) in [6.45, 7) is 6.42. The Labute approximate surface area is 147 Å². The van der Waals surface area contributed by atoms with E-state index in [9.17, 15) is 4.79 Å². The molecular weight excluding hydrogens is 316 g/mol. The molecule has 2 aliphatic heterocycles. The van der Waals surface area contributed by atoms with Crippen molar-refractivity contribution in [1.29, 1.82) is 0 Å². The normalized spacial score (nSPS) is 19.6. The fraction of sp³-hybridized carbons (Fsp3) is 0.500. The van der Waals surface area contributed by atoms with Gasteiger partial charge in [0.15, 0.2) is 0 Å². The standard InChI is InChI=1S/C18H24N6O/c1-13(2)24-10-14(9-20-24)21-18(25)22-11-15-5-4-8-23(15)17-6-3-7-19-16(17)12-22/h3,6-7,9-10,13,15H,4-5,8,11-12H2,1-2H3,(H,21,25)/t15-/m0/s1. The molecule has 1 saturated heterocycles. The molecule has 1 fully saturated rings. The topological polar surface area (TPSA) is 66.3 Å². The Hall–Kier alpha value is -2.57. The monoisotopic (exact) mass is 340 g/mol. The van der Waals surface area contributed by atoms with Crippen molar-refractivity contribution in [2.45, 2.75) is 45.3 Å². The van der Waals surface area contributed by atoms with Crippen LogP contribution in [0.5, 0.6) is 0 Å². The van der Waals surface area contributed by atoms with Crippen molar-refractivity contribution in [1.82, 2.24) is 19.7 Å². The third-order valence-electron chi connectivity index (χ3n) is 4.99. The number of rotatable bonds is 2. The Kier molecular flexibility index (Phi) is 4.07. The first-order valence-electron chi connectivity index (χ1n) is 8.92. The molecule has 4 heterocycles. The van der Waals surface area contributed by atoms with E-state index in [1.807, 2.05) is 21.8 Å². The van der Waals surface area contributed by atoms with Gasteiger partial charge in [0.2, 0.25) is 0 Å². The van der Waals surface area contributed by atoms with Crippen molar-refractivity contribution in [3.63, 3.8) is 0 Å². The number of anilines is 2. The zero-order chi connectivity index (χ0) is 17.4. The molecule has 0 aromatic carbocycles. The molecular formula is C18H24N6O. The van der Waals surface area contributed by atoms with Gasteiger partial charge in [-0.1, -0.05) is 0 Å². The number of hydrogen-bond acceptors (Lipinski definition) is 4. The highest BCUT2D eigenvalue weighted by molar-refractivity contribution is 5.89. The van der Waals surface area contributed by atoms with Crippen molar-refractivity contribution in [2.24, 2.45) is 0 Å². The summed E-state index contributed by atoms with van der Waals surface area (Å²) in [6, 6.07) is 4.65. The van der Waals surface area contributed by atoms with Crippen molar-refractivity contribution in [3.05, 3.63) is 36.4 Å². The lowest BCUT2D eigenvalue weighted by molar-refractivity contribution is 0.206. The highest BCUT2D eigenvalue weighted by atomic mass is 16.2. The van der Waals surface area contributed by atoms with Gasteiger partial charge in [-0.25, -0.2) is 4.79 Å². The number of carbonyl (C=O) groups is 1. The Balaban J connectivity index is 1.54. The highest BCUT2D eigenvalue weighted by Gasteiger charge is 2.33. The van der Waals surface area contributed by atoms with Gasteiger partial charge >= 0.3 is 6.03 Å². The number of urea groups is 1. The summed E-state index contributed by atoms with van der Waals surface area (Å²) in [5.74, 6) is 0. The molecule has 2 amide bonds. The van der Waals surface area contributed by atoms with Crippen molar-refractivity contribution >= 4 is 17.4 Å². The molecule has 2 aromatic rings. The van der Waals surface area contributed by atoms with E-state index in [2.05, 4.69) is 40.2 Å². The third kappa shape index (κ3) is 3.06. The molecule has 1 N–H and O–H groups in total. The van der Waals surface area contributed by atoms with Crippen LogP contribution >= 0.6 is 0 Å². The lowest BCUT2D eigenvalue weighted by Crippen LogP contribution is -2.41. The van der Waals surface area contributed by atoms with Crippen LogP contribution in [0, 0.1) is 0 Å². The summed E-state index contributed by atoms with van der Waals surface area (Å²) >= 11 is 0. The van der Waals surface area contributed by atoms with Crippen LogP contribution in [0.4, 0.5) is 16.2 Å². The van der Waals surface area contributed by atoms with E-state index in [4.69, 9.17) is 0 Å². The second kappa shape index (κ2) is 6.38. The molecule has 2 aromatic heterocycles. The van der Waals surface area contributed by atoms with Crippen LogP contribution in [-0.2, 0) is 6.54 Å². The van der Waals surface area contributed by atoms with E-state index in [-0.39, 0.29) is 12.1 Å². The highest BCUT2D eigenvalue weighted by Crippen LogP contribution is 2.32. The van der Waals surface area contributed by atoms with Crippen molar-refractivity contribution in [2.75, 3.05) is 23.3 Å². The first kappa shape index (κ1) is 15.9. The SMILES string of the molecule is CC(C)n1cc(NC(=O)N2Cc3ncccc3N3CCC[C@H]3C2)cn1. The average molecular weight is 340 g/mol. The van der Waals surface area contributed by atoms with Crippen LogP contribution in [0.2, 0.25) is 0 Å². The molecule has 1 atom stereocenters. The number of aromatic nitrogens is 3. The number of hydrogen-bond donors (Lipinski definition) is 1. The maximum atomic E-state index is 12.8. The van der Waals surface area contributed by atoms with Crippen molar-refractivity contribution in [3.8, 4) is 0 Å².